The van der Waals surface area contributed by atoms with Gasteiger partial charge in [-0.15, -0.1) is 5.10 Å². The average Bonchev–Trinajstić information content (AvgIpc) is 3.05. The predicted molar refractivity (Wildman–Crippen MR) is 84.2 cm³/mol. The van der Waals surface area contributed by atoms with Gasteiger partial charge < -0.3 is 4.52 Å². The quantitative estimate of drug-likeness (QED) is 0.689. The Balaban J connectivity index is 1.86. The van der Waals surface area contributed by atoms with Crippen molar-refractivity contribution in [3.8, 4) is 5.69 Å². The van der Waals surface area contributed by atoms with Crippen LogP contribution in [-0.4, -0.2) is 25.4 Å². The molecule has 0 atom stereocenters. The molecule has 0 unspecified atom stereocenters. The van der Waals surface area contributed by atoms with E-state index in [1.165, 1.54) is 5.56 Å². The minimum atomic E-state index is 0.729. The van der Waals surface area contributed by atoms with E-state index in [9.17, 15) is 0 Å². The molecule has 0 spiro atoms. The van der Waals surface area contributed by atoms with Crippen LogP contribution < -0.4 is 0 Å². The van der Waals surface area contributed by atoms with Gasteiger partial charge in [-0.1, -0.05) is 34.6 Å². The third kappa shape index (κ3) is 2.76. The van der Waals surface area contributed by atoms with Gasteiger partial charge in [-0.25, -0.2) is 0 Å². The first-order valence-corrected chi connectivity index (χ1v) is 7.95. The summed E-state index contributed by atoms with van der Waals surface area (Å²) in [6.45, 7) is 8.00. The Kier molecular flexibility index (Phi) is 3.98. The SMILES string of the molecule is Cc1ccc(-n2nnnc2SCc2c(C)noc2C)c(C)c1. The Bertz CT molecular complexity index is 789. The Morgan fingerprint density at radius 1 is 1.18 bits per heavy atom. The van der Waals surface area contributed by atoms with Crippen LogP contribution in [0.3, 0.4) is 0 Å². The van der Waals surface area contributed by atoms with Crippen LogP contribution in [0.2, 0.25) is 0 Å². The number of hydrogen-bond donors (Lipinski definition) is 0. The zero-order valence-electron chi connectivity index (χ0n) is 13.0. The Hall–Kier alpha value is -2.15. The monoisotopic (exact) mass is 315 g/mol. The zero-order valence-corrected chi connectivity index (χ0v) is 13.8. The summed E-state index contributed by atoms with van der Waals surface area (Å²) in [4.78, 5) is 0. The summed E-state index contributed by atoms with van der Waals surface area (Å²) < 4.78 is 6.97. The van der Waals surface area contributed by atoms with Crippen LogP contribution in [-0.2, 0) is 5.75 Å². The molecule has 3 rings (SSSR count). The highest BCUT2D eigenvalue weighted by atomic mass is 32.2. The van der Waals surface area contributed by atoms with Gasteiger partial charge in [0, 0.05) is 11.3 Å². The van der Waals surface area contributed by atoms with E-state index in [1.54, 1.807) is 16.4 Å². The maximum atomic E-state index is 5.19. The fourth-order valence-corrected chi connectivity index (χ4v) is 3.34. The lowest BCUT2D eigenvalue weighted by Crippen LogP contribution is -2.02. The lowest BCUT2D eigenvalue weighted by Gasteiger charge is -2.08. The van der Waals surface area contributed by atoms with Crippen molar-refractivity contribution in [3.63, 3.8) is 0 Å². The van der Waals surface area contributed by atoms with Crippen molar-refractivity contribution in [2.24, 2.45) is 0 Å². The van der Waals surface area contributed by atoms with Crippen molar-refractivity contribution < 1.29 is 4.52 Å². The molecule has 1 aromatic carbocycles. The normalized spacial score (nSPS) is 11.1. The van der Waals surface area contributed by atoms with Gasteiger partial charge in [0.15, 0.2) is 0 Å². The Morgan fingerprint density at radius 3 is 2.68 bits per heavy atom. The maximum Gasteiger partial charge on any atom is 0.214 e. The smallest absolute Gasteiger partial charge is 0.214 e. The molecular formula is C15H17N5OS. The molecular weight excluding hydrogens is 298 g/mol. The molecule has 0 aliphatic rings. The van der Waals surface area contributed by atoms with Crippen LogP contribution in [0.4, 0.5) is 0 Å². The number of benzene rings is 1. The van der Waals surface area contributed by atoms with E-state index in [0.717, 1.165) is 39.2 Å². The molecule has 0 aliphatic carbocycles. The highest BCUT2D eigenvalue weighted by molar-refractivity contribution is 7.98. The number of aryl methyl sites for hydroxylation is 4. The zero-order chi connectivity index (χ0) is 15.7. The number of thioether (sulfide) groups is 1. The fraction of sp³-hybridized carbons (Fsp3) is 0.333. The van der Waals surface area contributed by atoms with Gasteiger partial charge in [0.1, 0.15) is 5.76 Å². The average molecular weight is 315 g/mol. The number of aromatic nitrogens is 5. The number of tetrazole rings is 1. The molecule has 2 aromatic heterocycles. The second-order valence-electron chi connectivity index (χ2n) is 5.25. The topological polar surface area (TPSA) is 69.6 Å². The highest BCUT2D eigenvalue weighted by Crippen LogP contribution is 2.26. The summed E-state index contributed by atoms with van der Waals surface area (Å²) in [5, 5.41) is 16.8. The maximum absolute atomic E-state index is 5.19. The summed E-state index contributed by atoms with van der Waals surface area (Å²) in [5.41, 5.74) is 5.37. The van der Waals surface area contributed by atoms with Gasteiger partial charge in [-0.3, -0.25) is 0 Å². The standard InChI is InChI=1S/C15H17N5OS/c1-9-5-6-14(10(2)7-9)20-15(16-18-19-20)22-8-13-11(3)17-21-12(13)4/h5-7H,8H2,1-4H3. The van der Waals surface area contributed by atoms with Crippen molar-refractivity contribution in [1.29, 1.82) is 0 Å². The highest BCUT2D eigenvalue weighted by Gasteiger charge is 2.14. The lowest BCUT2D eigenvalue weighted by atomic mass is 10.1. The molecule has 7 heteroatoms. The Labute approximate surface area is 132 Å². The molecule has 0 aliphatic heterocycles. The van der Waals surface area contributed by atoms with Gasteiger partial charge in [-0.05, 0) is 49.8 Å². The van der Waals surface area contributed by atoms with Crippen LogP contribution in [0, 0.1) is 27.7 Å². The first-order valence-electron chi connectivity index (χ1n) is 6.97. The summed E-state index contributed by atoms with van der Waals surface area (Å²) in [5.74, 6) is 1.57. The number of rotatable bonds is 4. The second-order valence-corrected chi connectivity index (χ2v) is 6.20. The van der Waals surface area contributed by atoms with Gasteiger partial charge in [-0.2, -0.15) is 4.68 Å². The molecule has 0 saturated carbocycles. The molecule has 3 aromatic rings. The van der Waals surface area contributed by atoms with E-state index in [0.29, 0.717) is 0 Å². The minimum absolute atomic E-state index is 0.729. The number of hydrogen-bond acceptors (Lipinski definition) is 6. The summed E-state index contributed by atoms with van der Waals surface area (Å²) in [6, 6.07) is 6.23. The van der Waals surface area contributed by atoms with Crippen molar-refractivity contribution in [3.05, 3.63) is 46.3 Å². The van der Waals surface area contributed by atoms with Crippen LogP contribution in [0.15, 0.2) is 27.9 Å². The molecule has 0 fully saturated rings. The molecule has 0 radical (unpaired) electrons. The lowest BCUT2D eigenvalue weighted by molar-refractivity contribution is 0.392. The van der Waals surface area contributed by atoms with Crippen LogP contribution in [0.25, 0.3) is 5.69 Å². The van der Waals surface area contributed by atoms with Crippen LogP contribution >= 0.6 is 11.8 Å². The van der Waals surface area contributed by atoms with Crippen LogP contribution in [0.5, 0.6) is 0 Å². The molecule has 2 heterocycles. The third-order valence-electron chi connectivity index (χ3n) is 3.55. The van der Waals surface area contributed by atoms with Gasteiger partial charge in [0.2, 0.25) is 5.16 Å². The van der Waals surface area contributed by atoms with E-state index in [-0.39, 0.29) is 0 Å². The van der Waals surface area contributed by atoms with Gasteiger partial charge in [0.05, 0.1) is 11.4 Å². The Morgan fingerprint density at radius 2 is 2.00 bits per heavy atom. The molecule has 114 valence electrons. The molecule has 6 nitrogen and oxygen atoms in total. The summed E-state index contributed by atoms with van der Waals surface area (Å²) >= 11 is 1.57. The predicted octanol–water partition coefficient (Wildman–Crippen LogP) is 3.18. The second kappa shape index (κ2) is 5.92. The van der Waals surface area contributed by atoms with E-state index in [4.69, 9.17) is 4.52 Å². The van der Waals surface area contributed by atoms with Crippen molar-refractivity contribution in [2.75, 3.05) is 0 Å². The van der Waals surface area contributed by atoms with E-state index >= 15 is 0 Å². The van der Waals surface area contributed by atoms with Crippen molar-refractivity contribution >= 4 is 11.8 Å². The summed E-state index contributed by atoms with van der Waals surface area (Å²) in [7, 11) is 0. The molecule has 0 N–H and O–H groups in total. The molecule has 0 bridgehead atoms. The largest absolute Gasteiger partial charge is 0.361 e. The summed E-state index contributed by atoms with van der Waals surface area (Å²) in [6.07, 6.45) is 0. The fourth-order valence-electron chi connectivity index (χ4n) is 2.31. The van der Waals surface area contributed by atoms with Crippen molar-refractivity contribution in [1.82, 2.24) is 25.4 Å². The molecule has 0 amide bonds. The first-order chi connectivity index (χ1) is 10.6. The third-order valence-corrected chi connectivity index (χ3v) is 4.49. The van der Waals surface area contributed by atoms with E-state index in [1.807, 2.05) is 19.9 Å². The first kappa shape index (κ1) is 14.8. The van der Waals surface area contributed by atoms with Gasteiger partial charge >= 0.3 is 0 Å². The minimum Gasteiger partial charge on any atom is -0.361 e. The molecule has 0 saturated heterocycles. The van der Waals surface area contributed by atoms with Gasteiger partial charge in [0.25, 0.3) is 0 Å². The molecule has 22 heavy (non-hydrogen) atoms. The van der Waals surface area contributed by atoms with Crippen LogP contribution in [0.1, 0.15) is 28.1 Å². The van der Waals surface area contributed by atoms with Crippen molar-refractivity contribution in [2.45, 2.75) is 38.6 Å². The van der Waals surface area contributed by atoms with E-state index < -0.39 is 0 Å². The number of nitrogens with zero attached hydrogens (tertiary/aromatic N) is 5. The van der Waals surface area contributed by atoms with E-state index in [2.05, 4.69) is 46.7 Å².